The fraction of sp³-hybridized carbons (Fsp3) is 0.143. The Morgan fingerprint density at radius 2 is 2.36 bits per heavy atom. The Bertz CT molecular complexity index is 334. The molecular weight excluding hydrogens is 140 g/mol. The quantitative estimate of drug-likeness (QED) is 0.577. The van der Waals surface area contributed by atoms with Crippen LogP contribution >= 0.6 is 0 Å². The van der Waals surface area contributed by atoms with Crippen molar-refractivity contribution in [1.82, 2.24) is 15.3 Å². The lowest BCUT2D eigenvalue weighted by atomic mass is 10.3. The predicted molar refractivity (Wildman–Crippen MR) is 43.5 cm³/mol. The van der Waals surface area contributed by atoms with Crippen LogP contribution in [0.25, 0.3) is 5.70 Å². The molecule has 4 nitrogen and oxygen atoms in total. The molecule has 1 aromatic rings. The van der Waals surface area contributed by atoms with Crippen LogP contribution in [-0.4, -0.2) is 15.8 Å². The summed E-state index contributed by atoms with van der Waals surface area (Å²) in [4.78, 5) is 11.1. The van der Waals surface area contributed by atoms with Gasteiger partial charge in [0.05, 0.1) is 12.0 Å². The molecule has 0 aromatic carbocycles. The molecule has 0 atom stereocenters. The Morgan fingerprint density at radius 3 is 3.18 bits per heavy atom. The molecule has 0 saturated carbocycles. The number of nitrogens with zero attached hydrogens (tertiary/aromatic N) is 2. The number of amidine groups is 1. The highest BCUT2D eigenvalue weighted by Gasteiger charge is 2.13. The molecular formula is C7H8N4. The molecule has 2 N–H and O–H groups in total. The summed E-state index contributed by atoms with van der Waals surface area (Å²) in [6.07, 6.45) is 1.61. The van der Waals surface area contributed by atoms with Gasteiger partial charge in [-0.25, -0.2) is 9.98 Å². The number of hydrogen-bond donors (Lipinski definition) is 2. The molecule has 0 aliphatic carbocycles. The first-order valence-corrected chi connectivity index (χ1v) is 3.32. The van der Waals surface area contributed by atoms with Crippen molar-refractivity contribution < 1.29 is 0 Å². The van der Waals surface area contributed by atoms with E-state index in [0.29, 0.717) is 5.82 Å². The molecule has 0 unspecified atom stereocenters. The van der Waals surface area contributed by atoms with Gasteiger partial charge >= 0.3 is 0 Å². The molecule has 0 saturated heterocycles. The van der Waals surface area contributed by atoms with Crippen LogP contribution in [0.5, 0.6) is 0 Å². The van der Waals surface area contributed by atoms with Crippen LogP contribution in [0.3, 0.4) is 0 Å². The van der Waals surface area contributed by atoms with Gasteiger partial charge in [0.15, 0.2) is 5.82 Å². The normalized spacial score (nSPS) is 15.4. The first-order valence-electron chi connectivity index (χ1n) is 3.32. The molecule has 1 aliphatic heterocycles. The first-order chi connectivity index (χ1) is 5.27. The topological polar surface area (TPSA) is 53.1 Å². The van der Waals surface area contributed by atoms with Crippen LogP contribution in [0.15, 0.2) is 17.9 Å². The zero-order chi connectivity index (χ0) is 7.84. The number of aromatic nitrogens is 2. The highest BCUT2D eigenvalue weighted by Crippen LogP contribution is 2.22. The number of hydrogen-bond acceptors (Lipinski definition) is 3. The molecule has 0 fully saturated rings. The van der Waals surface area contributed by atoms with Crippen molar-refractivity contribution in [3.05, 3.63) is 18.6 Å². The zero-order valence-electron chi connectivity index (χ0n) is 6.18. The molecule has 0 spiro atoms. The van der Waals surface area contributed by atoms with E-state index in [1.54, 1.807) is 6.33 Å². The lowest BCUT2D eigenvalue weighted by Gasteiger charge is -2.12. The minimum absolute atomic E-state index is 0.714. The maximum absolute atomic E-state index is 4.16. The number of aliphatic imine (C=N–C) groups is 1. The summed E-state index contributed by atoms with van der Waals surface area (Å²) in [6, 6.07) is 0. The minimum atomic E-state index is 0.714. The highest BCUT2D eigenvalue weighted by atomic mass is 15.1. The Hall–Kier alpha value is -1.58. The third-order valence-electron chi connectivity index (χ3n) is 1.53. The van der Waals surface area contributed by atoms with Crippen LogP contribution in [0.2, 0.25) is 0 Å². The van der Waals surface area contributed by atoms with E-state index < -0.39 is 0 Å². The van der Waals surface area contributed by atoms with Gasteiger partial charge in [-0.15, -0.1) is 0 Å². The second-order valence-corrected chi connectivity index (χ2v) is 2.40. The van der Waals surface area contributed by atoms with Gasteiger partial charge in [0.25, 0.3) is 0 Å². The van der Waals surface area contributed by atoms with E-state index in [1.165, 1.54) is 0 Å². The van der Waals surface area contributed by atoms with Crippen molar-refractivity contribution >= 4 is 17.4 Å². The van der Waals surface area contributed by atoms with Gasteiger partial charge < -0.3 is 10.3 Å². The maximum atomic E-state index is 4.16. The van der Waals surface area contributed by atoms with Gasteiger partial charge in [-0.3, -0.25) is 0 Å². The van der Waals surface area contributed by atoms with Gasteiger partial charge in [0.1, 0.15) is 11.5 Å². The molecule has 56 valence electrons. The summed E-state index contributed by atoms with van der Waals surface area (Å²) in [6.45, 7) is 5.69. The molecule has 2 rings (SSSR count). The molecule has 0 amide bonds. The Balaban J connectivity index is 2.60. The van der Waals surface area contributed by atoms with Gasteiger partial charge in [-0.2, -0.15) is 0 Å². The molecule has 0 bridgehead atoms. The number of imidazole rings is 1. The van der Waals surface area contributed by atoms with E-state index in [-0.39, 0.29) is 0 Å². The van der Waals surface area contributed by atoms with E-state index in [4.69, 9.17) is 0 Å². The lowest BCUT2D eigenvalue weighted by Crippen LogP contribution is -2.21. The smallest absolute Gasteiger partial charge is 0.181 e. The van der Waals surface area contributed by atoms with Crippen LogP contribution in [-0.2, 0) is 0 Å². The molecule has 1 aliphatic rings. The van der Waals surface area contributed by atoms with E-state index >= 15 is 0 Å². The van der Waals surface area contributed by atoms with Gasteiger partial charge in [-0.1, -0.05) is 6.58 Å². The van der Waals surface area contributed by atoms with E-state index in [1.807, 2.05) is 6.92 Å². The highest BCUT2D eigenvalue weighted by molar-refractivity contribution is 5.94. The summed E-state index contributed by atoms with van der Waals surface area (Å²) in [5.74, 6) is 1.54. The number of nitrogens with one attached hydrogen (secondary N) is 2. The average molecular weight is 148 g/mol. The molecule has 1 aromatic heterocycles. The molecule has 4 heteroatoms. The SMILES string of the molecule is C=C1NC(C)=Nc2nc[nH]c21. The second kappa shape index (κ2) is 1.95. The van der Waals surface area contributed by atoms with E-state index in [9.17, 15) is 0 Å². The van der Waals surface area contributed by atoms with Crippen molar-refractivity contribution in [2.45, 2.75) is 6.92 Å². The molecule has 2 heterocycles. The monoisotopic (exact) mass is 148 g/mol. The van der Waals surface area contributed by atoms with E-state index in [2.05, 4.69) is 26.9 Å². The summed E-state index contributed by atoms with van der Waals surface area (Å²) in [7, 11) is 0. The van der Waals surface area contributed by atoms with Gasteiger partial charge in [0, 0.05) is 0 Å². The van der Waals surface area contributed by atoms with Crippen LogP contribution < -0.4 is 5.32 Å². The largest absolute Gasteiger partial charge is 0.343 e. The van der Waals surface area contributed by atoms with E-state index in [0.717, 1.165) is 17.2 Å². The number of fused-ring (bicyclic) bond motifs is 1. The maximum Gasteiger partial charge on any atom is 0.181 e. The Labute approximate surface area is 64.1 Å². The number of H-pyrrole nitrogens is 1. The average Bonchev–Trinajstić information content (AvgIpc) is 2.34. The third-order valence-corrected chi connectivity index (χ3v) is 1.53. The zero-order valence-corrected chi connectivity index (χ0v) is 6.18. The lowest BCUT2D eigenvalue weighted by molar-refractivity contribution is 1.17. The molecule has 11 heavy (non-hydrogen) atoms. The van der Waals surface area contributed by atoms with Crippen molar-refractivity contribution in [1.29, 1.82) is 0 Å². The van der Waals surface area contributed by atoms with Crippen LogP contribution in [0.4, 0.5) is 5.82 Å². The first kappa shape index (κ1) is 6.15. The number of aromatic amines is 1. The third kappa shape index (κ3) is 0.832. The summed E-state index contributed by atoms with van der Waals surface area (Å²) >= 11 is 0. The fourth-order valence-electron chi connectivity index (χ4n) is 1.06. The molecule has 0 radical (unpaired) electrons. The van der Waals surface area contributed by atoms with Crippen molar-refractivity contribution in [2.24, 2.45) is 4.99 Å². The Morgan fingerprint density at radius 1 is 1.55 bits per heavy atom. The summed E-state index contributed by atoms with van der Waals surface area (Å²) < 4.78 is 0. The van der Waals surface area contributed by atoms with Crippen molar-refractivity contribution in [2.75, 3.05) is 0 Å². The van der Waals surface area contributed by atoms with Crippen molar-refractivity contribution in [3.8, 4) is 0 Å². The summed E-state index contributed by atoms with van der Waals surface area (Å²) in [5.41, 5.74) is 1.70. The van der Waals surface area contributed by atoms with Crippen LogP contribution in [0.1, 0.15) is 12.6 Å². The predicted octanol–water partition coefficient (Wildman–Crippen LogP) is 1.03. The van der Waals surface area contributed by atoms with Gasteiger partial charge in [0.2, 0.25) is 0 Å². The second-order valence-electron chi connectivity index (χ2n) is 2.40. The van der Waals surface area contributed by atoms with Crippen molar-refractivity contribution in [3.63, 3.8) is 0 Å². The number of rotatable bonds is 0. The van der Waals surface area contributed by atoms with Gasteiger partial charge in [-0.05, 0) is 6.92 Å². The Kier molecular flexibility index (Phi) is 1.09. The minimum Gasteiger partial charge on any atom is -0.343 e. The van der Waals surface area contributed by atoms with Crippen LogP contribution in [0, 0.1) is 0 Å². The summed E-state index contributed by atoms with van der Waals surface area (Å²) in [5, 5.41) is 3.01. The fourth-order valence-corrected chi connectivity index (χ4v) is 1.06. The standard InChI is InChI=1S/C7H8N4/c1-4-6-7(9-3-8-6)11-5(2)10-4/h3H,1H2,2H3,(H,8,9)(H,10,11).